The van der Waals surface area contributed by atoms with Crippen molar-refractivity contribution in [2.24, 2.45) is 17.8 Å². The maximum absolute atomic E-state index is 14.6. The van der Waals surface area contributed by atoms with Gasteiger partial charge in [0.05, 0.1) is 43.7 Å². The Morgan fingerprint density at radius 1 is 0.866 bits per heavy atom. The fourth-order valence-electron chi connectivity index (χ4n) is 9.93. The van der Waals surface area contributed by atoms with E-state index in [1.54, 1.807) is 35.6 Å². The van der Waals surface area contributed by atoms with Crippen molar-refractivity contribution in [3.05, 3.63) is 48.0 Å². The van der Waals surface area contributed by atoms with Gasteiger partial charge in [0.2, 0.25) is 29.5 Å². The highest BCUT2D eigenvalue weighted by molar-refractivity contribution is 6.12. The van der Waals surface area contributed by atoms with Crippen LogP contribution in [0.1, 0.15) is 111 Å². The molecule has 0 spiro atoms. The van der Waals surface area contributed by atoms with Crippen LogP contribution in [0.15, 0.2) is 42.5 Å². The Morgan fingerprint density at radius 3 is 2.13 bits per heavy atom. The van der Waals surface area contributed by atoms with Gasteiger partial charge in [0.25, 0.3) is 11.8 Å². The molecule has 3 aliphatic rings. The Labute approximate surface area is 397 Å². The molecule has 0 bridgehead atoms. The minimum atomic E-state index is -1.17. The van der Waals surface area contributed by atoms with Crippen molar-refractivity contribution >= 4 is 47.3 Å². The van der Waals surface area contributed by atoms with Crippen LogP contribution in [0.2, 0.25) is 0 Å². The first-order valence-electron chi connectivity index (χ1n) is 24.0. The zero-order chi connectivity index (χ0) is 49.6. The lowest BCUT2D eigenvalue weighted by atomic mass is 9.89. The summed E-state index contributed by atoms with van der Waals surface area (Å²) in [7, 11) is 5.98. The summed E-state index contributed by atoms with van der Waals surface area (Å²) in [5.41, 5.74) is -0.315. The summed E-state index contributed by atoms with van der Waals surface area (Å²) < 4.78 is 17.0. The van der Waals surface area contributed by atoms with Gasteiger partial charge in [-0.15, -0.1) is 0 Å². The number of likely N-dealkylation sites (N-methyl/N-ethyl adjacent to an activating group) is 1. The predicted molar refractivity (Wildman–Crippen MR) is 251 cm³/mol. The molecule has 9 atom stereocenters. The van der Waals surface area contributed by atoms with Gasteiger partial charge in [-0.2, -0.15) is 0 Å². The number of methoxy groups -OCH3 is 3. The molecule has 0 radical (unpaired) electrons. The smallest absolute Gasteiger partial charge is 0.328 e. The maximum Gasteiger partial charge on any atom is 0.328 e. The van der Waals surface area contributed by atoms with E-state index >= 15 is 0 Å². The number of imide groups is 1. The Morgan fingerprint density at radius 2 is 1.54 bits per heavy atom. The van der Waals surface area contributed by atoms with Crippen molar-refractivity contribution in [2.45, 2.75) is 154 Å². The van der Waals surface area contributed by atoms with E-state index in [9.17, 15) is 38.4 Å². The van der Waals surface area contributed by atoms with E-state index in [0.717, 1.165) is 5.56 Å². The quantitative estimate of drug-likeness (QED) is 0.0821. The van der Waals surface area contributed by atoms with Gasteiger partial charge in [0, 0.05) is 65.9 Å². The number of nitrogens with zero attached hydrogens (tertiary/aromatic N) is 4. The van der Waals surface area contributed by atoms with Crippen LogP contribution in [0.5, 0.6) is 0 Å². The molecule has 2 fully saturated rings. The Hall–Kier alpha value is -5.16. The van der Waals surface area contributed by atoms with E-state index in [4.69, 9.17) is 14.2 Å². The molecular weight excluding hydrogens is 861 g/mol. The molecule has 0 aliphatic carbocycles. The number of hydrogen-bond acceptors (Lipinski definition) is 11. The number of unbranched alkanes of at least 4 members (excludes halogenated alkanes) is 2. The number of esters is 1. The number of likely N-dealkylation sites (tertiary alicyclic amines) is 2. The molecule has 3 heterocycles. The number of nitrogens with one attached hydrogen (secondary N) is 2. The molecule has 2 saturated heterocycles. The van der Waals surface area contributed by atoms with Gasteiger partial charge in [0.1, 0.15) is 17.6 Å². The van der Waals surface area contributed by atoms with Crippen LogP contribution in [0.25, 0.3) is 0 Å². The first-order valence-corrected chi connectivity index (χ1v) is 24.0. The highest BCUT2D eigenvalue weighted by atomic mass is 16.5. The lowest BCUT2D eigenvalue weighted by Gasteiger charge is -2.41. The number of carbonyl (C=O) groups excluding carboxylic acids is 8. The van der Waals surface area contributed by atoms with Crippen LogP contribution < -0.4 is 10.6 Å². The minimum Gasteiger partial charge on any atom is -0.467 e. The zero-order valence-corrected chi connectivity index (χ0v) is 41.4. The number of hydrogen-bond donors (Lipinski definition) is 2. The molecule has 1 aromatic carbocycles. The molecule has 1 aromatic rings. The van der Waals surface area contributed by atoms with Crippen molar-refractivity contribution in [2.75, 3.05) is 48.0 Å². The van der Waals surface area contributed by atoms with Gasteiger partial charge >= 0.3 is 5.97 Å². The van der Waals surface area contributed by atoms with Crippen LogP contribution in [0.4, 0.5) is 0 Å². The second-order valence-corrected chi connectivity index (χ2v) is 19.0. The highest BCUT2D eigenvalue weighted by Gasteiger charge is 2.48. The number of amides is 7. The number of ether oxygens (including phenoxy) is 3. The van der Waals surface area contributed by atoms with Crippen LogP contribution in [-0.4, -0.2) is 157 Å². The van der Waals surface area contributed by atoms with E-state index in [1.807, 2.05) is 58.0 Å². The van der Waals surface area contributed by atoms with E-state index in [2.05, 4.69) is 10.6 Å². The third-order valence-corrected chi connectivity index (χ3v) is 14.2. The summed E-state index contributed by atoms with van der Waals surface area (Å²) in [5.74, 6) is -3.96. The molecule has 2 N–H and O–H groups in total. The van der Waals surface area contributed by atoms with Gasteiger partial charge in [-0.1, -0.05) is 77.8 Å². The van der Waals surface area contributed by atoms with Crippen molar-refractivity contribution in [1.29, 1.82) is 0 Å². The van der Waals surface area contributed by atoms with E-state index < -0.39 is 65.6 Å². The zero-order valence-electron chi connectivity index (χ0n) is 41.4. The van der Waals surface area contributed by atoms with E-state index in [-0.39, 0.29) is 67.2 Å². The van der Waals surface area contributed by atoms with Crippen molar-refractivity contribution in [3.63, 3.8) is 0 Å². The average molecular weight is 937 g/mol. The first kappa shape index (κ1) is 54.4. The molecular formula is C50H76N6O11. The Kier molecular flexibility index (Phi) is 20.5. The Balaban J connectivity index is 1.42. The summed E-state index contributed by atoms with van der Waals surface area (Å²) >= 11 is 0. The molecule has 372 valence electrons. The number of carbonyl (C=O) groups is 8. The highest BCUT2D eigenvalue weighted by Crippen LogP contribution is 2.32. The van der Waals surface area contributed by atoms with E-state index in [0.29, 0.717) is 64.5 Å². The molecule has 0 saturated carbocycles. The lowest BCUT2D eigenvalue weighted by molar-refractivity contribution is -0.150. The summed E-state index contributed by atoms with van der Waals surface area (Å²) in [6, 6.07) is 6.45. The second kappa shape index (κ2) is 25.3. The van der Waals surface area contributed by atoms with Gasteiger partial charge < -0.3 is 39.5 Å². The number of benzene rings is 1. The molecule has 67 heavy (non-hydrogen) atoms. The molecule has 17 nitrogen and oxygen atoms in total. The van der Waals surface area contributed by atoms with Gasteiger partial charge in [-0.3, -0.25) is 38.5 Å². The fourth-order valence-corrected chi connectivity index (χ4v) is 9.93. The molecule has 4 rings (SSSR count). The molecule has 17 heteroatoms. The largest absolute Gasteiger partial charge is 0.467 e. The van der Waals surface area contributed by atoms with Gasteiger partial charge in [-0.05, 0) is 62.8 Å². The summed E-state index contributed by atoms with van der Waals surface area (Å²) in [5, 5.41) is 5.88. The third kappa shape index (κ3) is 13.5. The van der Waals surface area contributed by atoms with Crippen molar-refractivity contribution in [1.82, 2.24) is 30.2 Å². The molecule has 0 aromatic heterocycles. The Bertz CT molecular complexity index is 1910. The topological polar surface area (TPSA) is 201 Å². The van der Waals surface area contributed by atoms with Crippen LogP contribution in [0, 0.1) is 17.8 Å². The average Bonchev–Trinajstić information content (AvgIpc) is 4.05. The first-order chi connectivity index (χ1) is 31.8. The molecule has 7 amide bonds. The lowest BCUT2D eigenvalue weighted by Crippen LogP contribution is -2.62. The van der Waals surface area contributed by atoms with Gasteiger partial charge in [-0.25, -0.2) is 4.79 Å². The van der Waals surface area contributed by atoms with Crippen LogP contribution >= 0.6 is 0 Å². The molecule has 3 aliphatic heterocycles. The van der Waals surface area contributed by atoms with Crippen LogP contribution in [0.3, 0.4) is 0 Å². The third-order valence-electron chi connectivity index (χ3n) is 14.2. The standard InChI is InChI=1S/C50H76N6O11/c1-11-33(4)44(38(65-8)31-42(60)54-28-18-22-37(54)45(66-9)34(5)46(61)51-36(48(63)67-10)30-35-20-14-12-15-21-35)53(7)47(62)43(32(2)3)52-49(64)50(6)26-19-29-56(50)41(59)23-16-13-17-27-55-39(57)24-25-40(55)58/h12,14-15,20-21,24-25,32-34,36-38,43-45H,11,13,16-19,22-23,26-31H2,1-10H3,(H,51,61)(H,52,64)/t33-,34+,36-,37-,38+,43-,44-,45+,50-/m0/s1. The normalized spacial score (nSPS) is 21.4. The van der Waals surface area contributed by atoms with Crippen molar-refractivity contribution in [3.8, 4) is 0 Å². The molecule has 0 unspecified atom stereocenters. The van der Waals surface area contributed by atoms with Crippen molar-refractivity contribution < 1.29 is 52.6 Å². The minimum absolute atomic E-state index is 0.0578. The SMILES string of the molecule is CC[C@H](C)[C@@H]([C@@H](CC(=O)N1CCC[C@H]1[C@H](OC)[C@@H](C)C(=O)N[C@@H](Cc1ccccc1)C(=O)OC)OC)N(C)C(=O)[C@@H](NC(=O)[C@]1(C)CCCN1C(=O)CCCCCN1C(=O)C=CC1=O)C(C)C. The fraction of sp³-hybridized carbons (Fsp3) is 0.680. The van der Waals surface area contributed by atoms with Gasteiger partial charge in [0.15, 0.2) is 0 Å². The van der Waals surface area contributed by atoms with Crippen LogP contribution in [-0.2, 0) is 59.0 Å². The van der Waals surface area contributed by atoms with E-state index in [1.165, 1.54) is 38.4 Å². The summed E-state index contributed by atoms with van der Waals surface area (Å²) in [6.07, 6.45) is 6.21. The summed E-state index contributed by atoms with van der Waals surface area (Å²) in [4.78, 5) is 113. The summed E-state index contributed by atoms with van der Waals surface area (Å²) in [6.45, 7) is 12.3. The number of rotatable bonds is 25. The maximum atomic E-state index is 14.6. The second-order valence-electron chi connectivity index (χ2n) is 19.0. The monoisotopic (exact) mass is 937 g/mol. The predicted octanol–water partition coefficient (Wildman–Crippen LogP) is 3.81.